The average molecular weight is 356 g/mol. The summed E-state index contributed by atoms with van der Waals surface area (Å²) in [4.78, 5) is 12.4. The third kappa shape index (κ3) is 4.87. The minimum atomic E-state index is 0.171. The Kier molecular flexibility index (Phi) is 7.25. The summed E-state index contributed by atoms with van der Waals surface area (Å²) in [6.07, 6.45) is 9.97. The molecule has 2 saturated carbocycles. The van der Waals surface area contributed by atoms with E-state index in [0.29, 0.717) is 23.1 Å². The fourth-order valence-corrected chi connectivity index (χ4v) is 5.68. The second-order valence-electron chi connectivity index (χ2n) is 7.32. The Morgan fingerprint density at radius 3 is 2.79 bits per heavy atom. The van der Waals surface area contributed by atoms with Crippen molar-refractivity contribution in [2.75, 3.05) is 19.0 Å². The van der Waals surface area contributed by atoms with Crippen LogP contribution in [0.2, 0.25) is 0 Å². The molecule has 5 nitrogen and oxygen atoms in total. The van der Waals surface area contributed by atoms with Gasteiger partial charge in [0.1, 0.15) is 0 Å². The van der Waals surface area contributed by atoms with Gasteiger partial charge < -0.3 is 15.4 Å². The summed E-state index contributed by atoms with van der Waals surface area (Å²) in [5.74, 6) is 1.39. The van der Waals surface area contributed by atoms with Crippen LogP contribution < -0.4 is 16.0 Å². The van der Waals surface area contributed by atoms with Gasteiger partial charge in [-0.05, 0) is 38.5 Å². The summed E-state index contributed by atoms with van der Waals surface area (Å²) in [6, 6.07) is 0.844. The molecule has 2 aliphatic carbocycles. The van der Waals surface area contributed by atoms with Crippen LogP contribution in [0.3, 0.4) is 0 Å². The van der Waals surface area contributed by atoms with Gasteiger partial charge in [-0.2, -0.15) is 0 Å². The van der Waals surface area contributed by atoms with Crippen LogP contribution in [-0.4, -0.2) is 48.5 Å². The Morgan fingerprint density at radius 1 is 1.12 bits per heavy atom. The molecule has 1 saturated heterocycles. The summed E-state index contributed by atoms with van der Waals surface area (Å²) in [6.45, 7) is 3.63. The highest BCUT2D eigenvalue weighted by molar-refractivity contribution is 8.00. The number of thioether (sulfide) groups is 1. The number of hydrogen-bond donors (Lipinski definition) is 3. The van der Waals surface area contributed by atoms with Gasteiger partial charge >= 0.3 is 0 Å². The summed E-state index contributed by atoms with van der Waals surface area (Å²) < 4.78 is 5.82. The van der Waals surface area contributed by atoms with Crippen LogP contribution in [0.15, 0.2) is 0 Å². The SMILES string of the molecule is CCOC1CCCCC1NC(=O)CSC1NCNC2CCCCC21. The second kappa shape index (κ2) is 9.41. The smallest absolute Gasteiger partial charge is 0.230 e. The number of carbonyl (C=O) groups excluding carboxylic acids is 1. The summed E-state index contributed by atoms with van der Waals surface area (Å²) in [5, 5.41) is 10.8. The fourth-order valence-electron chi connectivity index (χ4n) is 4.49. The monoisotopic (exact) mass is 355 g/mol. The number of fused-ring (bicyclic) bond motifs is 1. The number of rotatable bonds is 6. The van der Waals surface area contributed by atoms with E-state index in [1.165, 1.54) is 38.5 Å². The molecule has 1 aliphatic heterocycles. The van der Waals surface area contributed by atoms with Gasteiger partial charge in [-0.1, -0.05) is 25.7 Å². The lowest BCUT2D eigenvalue weighted by Gasteiger charge is -2.42. The normalized spacial score (nSPS) is 36.8. The number of carbonyl (C=O) groups is 1. The molecule has 3 rings (SSSR count). The highest BCUT2D eigenvalue weighted by atomic mass is 32.2. The molecule has 3 aliphatic rings. The van der Waals surface area contributed by atoms with Gasteiger partial charge in [0, 0.05) is 19.3 Å². The zero-order valence-electron chi connectivity index (χ0n) is 14.9. The minimum Gasteiger partial charge on any atom is -0.376 e. The van der Waals surface area contributed by atoms with Gasteiger partial charge in [0.2, 0.25) is 5.91 Å². The maximum absolute atomic E-state index is 12.4. The van der Waals surface area contributed by atoms with Crippen molar-refractivity contribution in [2.45, 2.75) is 81.9 Å². The fraction of sp³-hybridized carbons (Fsp3) is 0.944. The van der Waals surface area contributed by atoms with E-state index in [0.717, 1.165) is 26.1 Å². The lowest BCUT2D eigenvalue weighted by atomic mass is 9.83. The Hall–Kier alpha value is -0.300. The maximum atomic E-state index is 12.4. The van der Waals surface area contributed by atoms with Gasteiger partial charge in [0.15, 0.2) is 0 Å². The van der Waals surface area contributed by atoms with Crippen LogP contribution in [0.5, 0.6) is 0 Å². The number of nitrogens with one attached hydrogen (secondary N) is 3. The van der Waals surface area contributed by atoms with Crippen LogP contribution in [0.4, 0.5) is 0 Å². The summed E-state index contributed by atoms with van der Waals surface area (Å²) in [5.41, 5.74) is 0. The largest absolute Gasteiger partial charge is 0.376 e. The molecule has 3 fully saturated rings. The zero-order chi connectivity index (χ0) is 16.8. The molecule has 0 spiro atoms. The first-order chi connectivity index (χ1) is 11.8. The minimum absolute atomic E-state index is 0.171. The Balaban J connectivity index is 1.44. The van der Waals surface area contributed by atoms with Crippen molar-refractivity contribution in [3.63, 3.8) is 0 Å². The van der Waals surface area contributed by atoms with Crippen molar-refractivity contribution in [2.24, 2.45) is 5.92 Å². The number of amides is 1. The van der Waals surface area contributed by atoms with E-state index in [1.807, 2.05) is 6.92 Å². The van der Waals surface area contributed by atoms with Crippen molar-refractivity contribution in [1.29, 1.82) is 0 Å². The molecule has 5 atom stereocenters. The first-order valence-corrected chi connectivity index (χ1v) is 10.8. The molecule has 0 aromatic heterocycles. The van der Waals surface area contributed by atoms with Gasteiger partial charge in [-0.25, -0.2) is 0 Å². The molecule has 0 aromatic carbocycles. The predicted octanol–water partition coefficient (Wildman–Crippen LogP) is 2.22. The van der Waals surface area contributed by atoms with E-state index in [2.05, 4.69) is 16.0 Å². The topological polar surface area (TPSA) is 62.4 Å². The van der Waals surface area contributed by atoms with Gasteiger partial charge in [0.25, 0.3) is 0 Å². The van der Waals surface area contributed by atoms with E-state index >= 15 is 0 Å². The molecular weight excluding hydrogens is 322 g/mol. The Bertz CT molecular complexity index is 406. The summed E-state index contributed by atoms with van der Waals surface area (Å²) >= 11 is 1.79. The standard InChI is InChI=1S/C18H33N3O2S/c1-2-23-16-10-6-5-9-15(16)21-17(22)11-24-18-13-7-3-4-8-14(13)19-12-20-18/h13-16,18-20H,2-12H2,1H3,(H,21,22). The molecule has 24 heavy (non-hydrogen) atoms. The first-order valence-electron chi connectivity index (χ1n) is 9.77. The van der Waals surface area contributed by atoms with Crippen molar-refractivity contribution in [1.82, 2.24) is 16.0 Å². The molecule has 3 N–H and O–H groups in total. The molecule has 138 valence electrons. The predicted molar refractivity (Wildman–Crippen MR) is 98.9 cm³/mol. The van der Waals surface area contributed by atoms with Crippen molar-refractivity contribution in [3.05, 3.63) is 0 Å². The van der Waals surface area contributed by atoms with Crippen molar-refractivity contribution < 1.29 is 9.53 Å². The van der Waals surface area contributed by atoms with Crippen LogP contribution in [0.1, 0.15) is 58.3 Å². The number of hydrogen-bond acceptors (Lipinski definition) is 5. The van der Waals surface area contributed by atoms with E-state index < -0.39 is 0 Å². The van der Waals surface area contributed by atoms with E-state index in [-0.39, 0.29) is 18.1 Å². The first kappa shape index (κ1) is 18.5. The zero-order valence-corrected chi connectivity index (χ0v) is 15.7. The lowest BCUT2D eigenvalue weighted by molar-refractivity contribution is -0.121. The van der Waals surface area contributed by atoms with Crippen LogP contribution in [-0.2, 0) is 9.53 Å². The van der Waals surface area contributed by atoms with Gasteiger partial charge in [0.05, 0.1) is 23.3 Å². The lowest BCUT2D eigenvalue weighted by Crippen LogP contribution is -2.57. The van der Waals surface area contributed by atoms with Gasteiger partial charge in [-0.15, -0.1) is 11.8 Å². The highest BCUT2D eigenvalue weighted by Gasteiger charge is 2.35. The molecule has 1 heterocycles. The molecular formula is C18H33N3O2S. The summed E-state index contributed by atoms with van der Waals surface area (Å²) in [7, 11) is 0. The third-order valence-electron chi connectivity index (χ3n) is 5.70. The Morgan fingerprint density at radius 2 is 1.92 bits per heavy atom. The molecule has 6 heteroatoms. The average Bonchev–Trinajstić information content (AvgIpc) is 2.62. The highest BCUT2D eigenvalue weighted by Crippen LogP contribution is 2.33. The van der Waals surface area contributed by atoms with Gasteiger partial charge in [-0.3, -0.25) is 10.1 Å². The van der Waals surface area contributed by atoms with Crippen molar-refractivity contribution in [3.8, 4) is 0 Å². The van der Waals surface area contributed by atoms with E-state index in [4.69, 9.17) is 4.74 Å². The van der Waals surface area contributed by atoms with Crippen LogP contribution >= 0.6 is 11.8 Å². The molecule has 0 aromatic rings. The van der Waals surface area contributed by atoms with Crippen LogP contribution in [0, 0.1) is 5.92 Å². The Labute approximate surface area is 150 Å². The molecule has 0 bridgehead atoms. The quantitative estimate of drug-likeness (QED) is 0.682. The molecule has 0 radical (unpaired) electrons. The van der Waals surface area contributed by atoms with E-state index in [9.17, 15) is 4.79 Å². The third-order valence-corrected chi connectivity index (χ3v) is 7.00. The van der Waals surface area contributed by atoms with E-state index in [1.54, 1.807) is 11.8 Å². The molecule has 1 amide bonds. The maximum Gasteiger partial charge on any atom is 0.230 e. The number of ether oxygens (including phenoxy) is 1. The molecule has 5 unspecified atom stereocenters. The van der Waals surface area contributed by atoms with Crippen LogP contribution in [0.25, 0.3) is 0 Å². The van der Waals surface area contributed by atoms with Crippen molar-refractivity contribution >= 4 is 17.7 Å². The second-order valence-corrected chi connectivity index (χ2v) is 8.45.